The van der Waals surface area contributed by atoms with Gasteiger partial charge in [0, 0.05) is 61.9 Å². The van der Waals surface area contributed by atoms with Crippen LogP contribution in [0, 0.1) is 17.0 Å². The third-order valence-electron chi connectivity index (χ3n) is 4.23. The normalized spacial score (nSPS) is 17.5. The standard InChI is InChI=1S/C16H24F2N2O2.ClH/c1-16(2,10-21)15(20-6-4-19-5-7-20)14-12(17)8-11(22-3)9-13(14)18;/h8-9,15,19,21H,4-7,10H2,1-3H3;1H/t15-;/m0./s1. The van der Waals surface area contributed by atoms with E-state index in [4.69, 9.17) is 4.74 Å². The zero-order valence-corrected chi connectivity index (χ0v) is 14.6. The van der Waals surface area contributed by atoms with E-state index in [1.54, 1.807) is 0 Å². The summed E-state index contributed by atoms with van der Waals surface area (Å²) in [5.74, 6) is -1.12. The number of methoxy groups -OCH3 is 1. The number of halogens is 3. The molecule has 0 aromatic heterocycles. The molecule has 1 aliphatic heterocycles. The Bertz CT molecular complexity index is 500. The average Bonchev–Trinajstić information content (AvgIpc) is 2.51. The van der Waals surface area contributed by atoms with Crippen molar-refractivity contribution in [1.29, 1.82) is 0 Å². The molecule has 23 heavy (non-hydrogen) atoms. The molecule has 1 atom stereocenters. The summed E-state index contributed by atoms with van der Waals surface area (Å²) in [6.45, 7) is 6.37. The van der Waals surface area contributed by atoms with Gasteiger partial charge in [-0.1, -0.05) is 13.8 Å². The molecule has 0 radical (unpaired) electrons. The summed E-state index contributed by atoms with van der Waals surface area (Å²) >= 11 is 0. The first-order valence-electron chi connectivity index (χ1n) is 7.49. The second-order valence-corrected chi connectivity index (χ2v) is 6.34. The number of nitrogens with one attached hydrogen (secondary N) is 1. The van der Waals surface area contributed by atoms with Crippen LogP contribution in [0.1, 0.15) is 25.5 Å². The number of rotatable bonds is 5. The molecular weight excluding hydrogens is 326 g/mol. The molecule has 0 bridgehead atoms. The molecule has 1 heterocycles. The minimum Gasteiger partial charge on any atom is -0.497 e. The SMILES string of the molecule is COc1cc(F)c([C@H](N2CCNCC2)C(C)(C)CO)c(F)c1.Cl. The zero-order valence-electron chi connectivity index (χ0n) is 13.7. The lowest BCUT2D eigenvalue weighted by Crippen LogP contribution is -2.50. The summed E-state index contributed by atoms with van der Waals surface area (Å²) in [4.78, 5) is 2.03. The van der Waals surface area contributed by atoms with E-state index in [1.807, 2.05) is 18.7 Å². The summed E-state index contributed by atoms with van der Waals surface area (Å²) in [5, 5.41) is 13.0. The highest BCUT2D eigenvalue weighted by molar-refractivity contribution is 5.85. The first kappa shape index (κ1) is 20.1. The Labute approximate surface area is 142 Å². The van der Waals surface area contributed by atoms with Crippen LogP contribution in [0.2, 0.25) is 0 Å². The Balaban J connectivity index is 0.00000264. The van der Waals surface area contributed by atoms with Crippen molar-refractivity contribution in [3.8, 4) is 5.75 Å². The smallest absolute Gasteiger partial charge is 0.134 e. The molecule has 1 saturated heterocycles. The molecule has 0 amide bonds. The summed E-state index contributed by atoms with van der Waals surface area (Å²) in [6.07, 6.45) is 0. The number of piperazine rings is 1. The monoisotopic (exact) mass is 350 g/mol. The quantitative estimate of drug-likeness (QED) is 0.855. The molecule has 4 nitrogen and oxygen atoms in total. The lowest BCUT2D eigenvalue weighted by atomic mass is 9.79. The van der Waals surface area contributed by atoms with E-state index < -0.39 is 23.1 Å². The number of aliphatic hydroxyl groups is 1. The van der Waals surface area contributed by atoms with Crippen molar-refractivity contribution < 1.29 is 18.6 Å². The van der Waals surface area contributed by atoms with Crippen LogP contribution in [0.3, 0.4) is 0 Å². The minimum absolute atomic E-state index is 0. The predicted molar refractivity (Wildman–Crippen MR) is 88.2 cm³/mol. The number of benzene rings is 1. The maximum Gasteiger partial charge on any atom is 0.134 e. The van der Waals surface area contributed by atoms with Crippen molar-refractivity contribution >= 4 is 12.4 Å². The van der Waals surface area contributed by atoms with Gasteiger partial charge in [0.15, 0.2) is 0 Å². The Morgan fingerprint density at radius 3 is 2.22 bits per heavy atom. The highest BCUT2D eigenvalue weighted by Gasteiger charge is 2.39. The lowest BCUT2D eigenvalue weighted by molar-refractivity contribution is 0.0265. The van der Waals surface area contributed by atoms with Crippen LogP contribution in [-0.4, -0.2) is 49.9 Å². The third kappa shape index (κ3) is 4.32. The van der Waals surface area contributed by atoms with Gasteiger partial charge in [-0.25, -0.2) is 8.78 Å². The molecular formula is C16H25ClF2N2O2. The van der Waals surface area contributed by atoms with Crippen molar-refractivity contribution in [2.24, 2.45) is 5.41 Å². The van der Waals surface area contributed by atoms with Gasteiger partial charge < -0.3 is 15.2 Å². The minimum atomic E-state index is -0.673. The van der Waals surface area contributed by atoms with E-state index in [2.05, 4.69) is 5.32 Å². The molecule has 2 rings (SSSR count). The number of hydrogen-bond donors (Lipinski definition) is 2. The number of nitrogens with zero attached hydrogens (tertiary/aromatic N) is 1. The van der Waals surface area contributed by atoms with Crippen molar-refractivity contribution in [3.63, 3.8) is 0 Å². The molecule has 2 N–H and O–H groups in total. The fourth-order valence-corrected chi connectivity index (χ4v) is 3.03. The summed E-state index contributed by atoms with van der Waals surface area (Å²) < 4.78 is 34.0. The number of hydrogen-bond acceptors (Lipinski definition) is 4. The third-order valence-corrected chi connectivity index (χ3v) is 4.23. The fraction of sp³-hybridized carbons (Fsp3) is 0.625. The molecule has 1 fully saturated rings. The lowest BCUT2D eigenvalue weighted by Gasteiger charge is -2.43. The molecule has 132 valence electrons. The average molecular weight is 351 g/mol. The highest BCUT2D eigenvalue weighted by atomic mass is 35.5. The number of aliphatic hydroxyl groups excluding tert-OH is 1. The van der Waals surface area contributed by atoms with Gasteiger partial charge in [0.05, 0.1) is 7.11 Å². The maximum absolute atomic E-state index is 14.5. The fourth-order valence-electron chi connectivity index (χ4n) is 3.03. The number of ether oxygens (including phenoxy) is 1. The Hall–Kier alpha value is -0.950. The topological polar surface area (TPSA) is 44.7 Å². The second-order valence-electron chi connectivity index (χ2n) is 6.34. The first-order valence-corrected chi connectivity index (χ1v) is 7.49. The second kappa shape index (κ2) is 8.24. The molecule has 1 aromatic rings. The van der Waals surface area contributed by atoms with Crippen molar-refractivity contribution in [3.05, 3.63) is 29.3 Å². The van der Waals surface area contributed by atoms with Gasteiger partial charge in [-0.05, 0) is 0 Å². The predicted octanol–water partition coefficient (Wildman–Crippen LogP) is 2.36. The Morgan fingerprint density at radius 1 is 1.26 bits per heavy atom. The Kier molecular flexibility index (Phi) is 7.20. The zero-order chi connectivity index (χ0) is 16.3. The molecule has 1 aliphatic rings. The maximum atomic E-state index is 14.5. The van der Waals surface area contributed by atoms with E-state index in [9.17, 15) is 13.9 Å². The van der Waals surface area contributed by atoms with Gasteiger partial charge in [0.2, 0.25) is 0 Å². The van der Waals surface area contributed by atoms with E-state index in [0.29, 0.717) is 13.1 Å². The van der Waals surface area contributed by atoms with Gasteiger partial charge in [-0.3, -0.25) is 4.90 Å². The Morgan fingerprint density at radius 2 is 1.78 bits per heavy atom. The van der Waals surface area contributed by atoms with Crippen LogP contribution in [0.4, 0.5) is 8.78 Å². The van der Waals surface area contributed by atoms with Crippen molar-refractivity contribution in [2.45, 2.75) is 19.9 Å². The van der Waals surface area contributed by atoms with Gasteiger partial charge in [0.25, 0.3) is 0 Å². The van der Waals surface area contributed by atoms with Gasteiger partial charge >= 0.3 is 0 Å². The first-order chi connectivity index (χ1) is 10.4. The largest absolute Gasteiger partial charge is 0.497 e. The summed E-state index contributed by atoms with van der Waals surface area (Å²) in [6, 6.07) is 1.85. The van der Waals surface area contributed by atoms with Crippen LogP contribution in [0.15, 0.2) is 12.1 Å². The van der Waals surface area contributed by atoms with E-state index in [-0.39, 0.29) is 30.3 Å². The van der Waals surface area contributed by atoms with Gasteiger partial charge in [0.1, 0.15) is 17.4 Å². The van der Waals surface area contributed by atoms with Crippen molar-refractivity contribution in [1.82, 2.24) is 10.2 Å². The summed E-state index contributed by atoms with van der Waals surface area (Å²) in [5.41, 5.74) is -0.671. The molecule has 0 saturated carbocycles. The van der Waals surface area contributed by atoms with Gasteiger partial charge in [-0.15, -0.1) is 12.4 Å². The van der Waals surface area contributed by atoms with Crippen LogP contribution in [0.25, 0.3) is 0 Å². The van der Waals surface area contributed by atoms with E-state index in [0.717, 1.165) is 13.1 Å². The molecule has 0 spiro atoms. The van der Waals surface area contributed by atoms with E-state index >= 15 is 0 Å². The van der Waals surface area contributed by atoms with Crippen LogP contribution in [-0.2, 0) is 0 Å². The van der Waals surface area contributed by atoms with Crippen LogP contribution >= 0.6 is 12.4 Å². The van der Waals surface area contributed by atoms with Crippen molar-refractivity contribution in [2.75, 3.05) is 39.9 Å². The molecule has 0 unspecified atom stereocenters. The highest BCUT2D eigenvalue weighted by Crippen LogP contribution is 2.41. The van der Waals surface area contributed by atoms with Crippen LogP contribution in [0.5, 0.6) is 5.75 Å². The van der Waals surface area contributed by atoms with Crippen LogP contribution < -0.4 is 10.1 Å². The molecule has 0 aliphatic carbocycles. The van der Waals surface area contributed by atoms with Gasteiger partial charge in [-0.2, -0.15) is 0 Å². The summed E-state index contributed by atoms with van der Waals surface area (Å²) in [7, 11) is 1.37. The van der Waals surface area contributed by atoms with E-state index in [1.165, 1.54) is 19.2 Å². The molecule has 1 aromatic carbocycles. The molecule has 7 heteroatoms.